The highest BCUT2D eigenvalue weighted by Crippen LogP contribution is 2.18. The van der Waals surface area contributed by atoms with E-state index in [1.54, 1.807) is 31.2 Å². The SMILES string of the molecule is CC(C(=O)Nc1ccc(C(=O)O)cc1)n1c(=O)oc2ccccc21. The largest absolute Gasteiger partial charge is 0.478 e. The molecule has 0 radical (unpaired) electrons. The van der Waals surface area contributed by atoms with Crippen molar-refractivity contribution in [2.75, 3.05) is 5.32 Å². The molecule has 0 aliphatic heterocycles. The molecule has 0 saturated carbocycles. The van der Waals surface area contributed by atoms with E-state index >= 15 is 0 Å². The maximum atomic E-state index is 12.4. The van der Waals surface area contributed by atoms with Crippen molar-refractivity contribution < 1.29 is 19.1 Å². The second-order valence-electron chi connectivity index (χ2n) is 5.25. The minimum Gasteiger partial charge on any atom is -0.478 e. The number of hydrogen-bond donors (Lipinski definition) is 2. The standard InChI is InChI=1S/C17H14N2O5/c1-10(19-13-4-2-3-5-14(13)24-17(19)23)15(20)18-12-8-6-11(7-9-12)16(21)22/h2-10H,1H3,(H,18,20)(H,21,22). The molecule has 1 unspecified atom stereocenters. The normalized spacial score (nSPS) is 12.0. The van der Waals surface area contributed by atoms with Gasteiger partial charge in [-0.1, -0.05) is 12.1 Å². The maximum Gasteiger partial charge on any atom is 0.420 e. The van der Waals surface area contributed by atoms with E-state index in [1.807, 2.05) is 0 Å². The number of amides is 1. The van der Waals surface area contributed by atoms with Crippen LogP contribution in [0.1, 0.15) is 23.3 Å². The number of carbonyl (C=O) groups is 2. The first kappa shape index (κ1) is 15.5. The number of aromatic carboxylic acids is 1. The molecule has 0 spiro atoms. The van der Waals surface area contributed by atoms with Crippen LogP contribution in [0.2, 0.25) is 0 Å². The molecule has 7 nitrogen and oxygen atoms in total. The van der Waals surface area contributed by atoms with Gasteiger partial charge in [-0.15, -0.1) is 0 Å². The third-order valence-corrected chi connectivity index (χ3v) is 3.68. The molecule has 3 rings (SSSR count). The number of fused-ring (bicyclic) bond motifs is 1. The highest BCUT2D eigenvalue weighted by molar-refractivity contribution is 5.95. The summed E-state index contributed by atoms with van der Waals surface area (Å²) in [6, 6.07) is 11.8. The Morgan fingerprint density at radius 2 is 1.79 bits per heavy atom. The van der Waals surface area contributed by atoms with Crippen LogP contribution in [0, 0.1) is 0 Å². The highest BCUT2D eigenvalue weighted by atomic mass is 16.4. The summed E-state index contributed by atoms with van der Waals surface area (Å²) in [5.74, 6) is -2.07. The molecule has 0 aliphatic rings. The molecule has 7 heteroatoms. The van der Waals surface area contributed by atoms with Crippen LogP contribution in [0.25, 0.3) is 11.1 Å². The molecule has 2 aromatic carbocycles. The lowest BCUT2D eigenvalue weighted by atomic mass is 10.2. The summed E-state index contributed by atoms with van der Waals surface area (Å²) in [5, 5.41) is 11.5. The molecule has 1 heterocycles. The zero-order valence-electron chi connectivity index (χ0n) is 12.7. The summed E-state index contributed by atoms with van der Waals surface area (Å²) < 4.78 is 6.40. The van der Waals surface area contributed by atoms with Crippen molar-refractivity contribution in [3.63, 3.8) is 0 Å². The lowest BCUT2D eigenvalue weighted by Gasteiger charge is -2.13. The fraction of sp³-hybridized carbons (Fsp3) is 0.118. The Hall–Kier alpha value is -3.35. The number of hydrogen-bond acceptors (Lipinski definition) is 4. The number of nitrogens with zero attached hydrogens (tertiary/aromatic N) is 1. The minimum atomic E-state index is -1.04. The maximum absolute atomic E-state index is 12.4. The first-order valence-corrected chi connectivity index (χ1v) is 7.21. The number of rotatable bonds is 4. The van der Waals surface area contributed by atoms with E-state index in [2.05, 4.69) is 5.32 Å². The Morgan fingerprint density at radius 3 is 2.46 bits per heavy atom. The molecule has 3 aromatic rings. The van der Waals surface area contributed by atoms with Crippen LogP contribution in [0.15, 0.2) is 57.7 Å². The van der Waals surface area contributed by atoms with Crippen LogP contribution < -0.4 is 11.1 Å². The monoisotopic (exact) mass is 326 g/mol. The van der Waals surface area contributed by atoms with Crippen molar-refractivity contribution in [2.24, 2.45) is 0 Å². The molecule has 0 aliphatic carbocycles. The van der Waals surface area contributed by atoms with Crippen molar-refractivity contribution in [3.05, 3.63) is 64.6 Å². The molecule has 1 aromatic heterocycles. The summed E-state index contributed by atoms with van der Waals surface area (Å²) in [6.45, 7) is 1.59. The number of anilines is 1. The Bertz CT molecular complexity index is 969. The molecule has 1 amide bonds. The van der Waals surface area contributed by atoms with Crippen molar-refractivity contribution in [1.29, 1.82) is 0 Å². The summed E-state index contributed by atoms with van der Waals surface area (Å²) in [4.78, 5) is 35.2. The van der Waals surface area contributed by atoms with Crippen LogP contribution >= 0.6 is 0 Å². The van der Waals surface area contributed by atoms with Gasteiger partial charge in [0.05, 0.1) is 11.1 Å². The van der Waals surface area contributed by atoms with E-state index in [1.165, 1.54) is 28.8 Å². The number of oxazole rings is 1. The highest BCUT2D eigenvalue weighted by Gasteiger charge is 2.21. The minimum absolute atomic E-state index is 0.123. The van der Waals surface area contributed by atoms with E-state index in [0.29, 0.717) is 16.8 Å². The molecule has 24 heavy (non-hydrogen) atoms. The molecule has 122 valence electrons. The first-order valence-electron chi connectivity index (χ1n) is 7.21. The fourth-order valence-corrected chi connectivity index (χ4v) is 2.41. The van der Waals surface area contributed by atoms with E-state index in [9.17, 15) is 14.4 Å². The van der Waals surface area contributed by atoms with E-state index in [4.69, 9.17) is 9.52 Å². The first-order chi connectivity index (χ1) is 11.5. The van der Waals surface area contributed by atoms with Crippen LogP contribution in [-0.2, 0) is 4.79 Å². The molecule has 0 saturated heterocycles. The van der Waals surface area contributed by atoms with E-state index < -0.39 is 23.7 Å². The fourth-order valence-electron chi connectivity index (χ4n) is 2.41. The van der Waals surface area contributed by atoms with Gasteiger partial charge in [-0.3, -0.25) is 9.36 Å². The van der Waals surface area contributed by atoms with Crippen LogP contribution in [0.4, 0.5) is 5.69 Å². The Kier molecular flexibility index (Phi) is 3.91. The lowest BCUT2D eigenvalue weighted by Crippen LogP contribution is -2.29. The Balaban J connectivity index is 1.85. The Morgan fingerprint density at radius 1 is 1.12 bits per heavy atom. The smallest absolute Gasteiger partial charge is 0.420 e. The molecule has 0 fully saturated rings. The summed E-state index contributed by atoms with van der Waals surface area (Å²) in [6.07, 6.45) is 0. The van der Waals surface area contributed by atoms with Gasteiger partial charge in [0.1, 0.15) is 6.04 Å². The summed E-state index contributed by atoms with van der Waals surface area (Å²) in [5.41, 5.74) is 1.51. The second-order valence-corrected chi connectivity index (χ2v) is 5.25. The van der Waals surface area contributed by atoms with Gasteiger partial charge in [-0.05, 0) is 43.3 Å². The van der Waals surface area contributed by atoms with Gasteiger partial charge in [0, 0.05) is 5.69 Å². The van der Waals surface area contributed by atoms with Crippen molar-refractivity contribution in [3.8, 4) is 0 Å². The van der Waals surface area contributed by atoms with Crippen molar-refractivity contribution >= 4 is 28.7 Å². The van der Waals surface area contributed by atoms with Gasteiger partial charge in [-0.2, -0.15) is 0 Å². The van der Waals surface area contributed by atoms with Crippen molar-refractivity contribution in [2.45, 2.75) is 13.0 Å². The molecule has 1 atom stereocenters. The Labute approximate surface area is 136 Å². The number of nitrogens with one attached hydrogen (secondary N) is 1. The summed E-state index contributed by atoms with van der Waals surface area (Å²) >= 11 is 0. The molecular weight excluding hydrogens is 312 g/mol. The zero-order chi connectivity index (χ0) is 17.3. The quantitative estimate of drug-likeness (QED) is 0.767. The zero-order valence-corrected chi connectivity index (χ0v) is 12.7. The molecule has 2 N–H and O–H groups in total. The van der Waals surface area contributed by atoms with Gasteiger partial charge in [-0.25, -0.2) is 9.59 Å². The predicted octanol–water partition coefficient (Wildman–Crippen LogP) is 2.49. The van der Waals surface area contributed by atoms with Gasteiger partial charge in [0.2, 0.25) is 5.91 Å². The van der Waals surface area contributed by atoms with E-state index in [0.717, 1.165) is 0 Å². The average Bonchev–Trinajstić information content (AvgIpc) is 2.90. The third kappa shape index (κ3) is 2.79. The van der Waals surface area contributed by atoms with Gasteiger partial charge < -0.3 is 14.8 Å². The van der Waals surface area contributed by atoms with Crippen LogP contribution in [0.3, 0.4) is 0 Å². The number of aromatic nitrogens is 1. The molecule has 0 bridgehead atoms. The van der Waals surface area contributed by atoms with Gasteiger partial charge in [0.25, 0.3) is 0 Å². The third-order valence-electron chi connectivity index (χ3n) is 3.68. The van der Waals surface area contributed by atoms with Crippen molar-refractivity contribution in [1.82, 2.24) is 4.57 Å². The topological polar surface area (TPSA) is 102 Å². The predicted molar refractivity (Wildman–Crippen MR) is 87.2 cm³/mol. The van der Waals surface area contributed by atoms with Crippen LogP contribution in [0.5, 0.6) is 0 Å². The number of para-hydroxylation sites is 2. The average molecular weight is 326 g/mol. The van der Waals surface area contributed by atoms with Gasteiger partial charge >= 0.3 is 11.7 Å². The van der Waals surface area contributed by atoms with Crippen LogP contribution in [-0.4, -0.2) is 21.6 Å². The number of carboxylic acids is 1. The second kappa shape index (κ2) is 6.04. The van der Waals surface area contributed by atoms with Gasteiger partial charge in [0.15, 0.2) is 5.58 Å². The molecular formula is C17H14N2O5. The number of carboxylic acid groups (broad SMARTS) is 1. The van der Waals surface area contributed by atoms with E-state index in [-0.39, 0.29) is 5.56 Å². The number of benzene rings is 2. The number of carbonyl (C=O) groups excluding carboxylic acids is 1. The lowest BCUT2D eigenvalue weighted by molar-refractivity contribution is -0.118. The summed E-state index contributed by atoms with van der Waals surface area (Å²) in [7, 11) is 0.